The Morgan fingerprint density at radius 3 is 2.93 bits per heavy atom. The molecule has 2 rings (SSSR count). The van der Waals surface area contributed by atoms with Gasteiger partial charge >= 0.3 is 6.09 Å². The molecule has 0 radical (unpaired) electrons. The van der Waals surface area contributed by atoms with Crippen molar-refractivity contribution in [1.82, 2.24) is 9.55 Å². The molecule has 0 bridgehead atoms. The molecule has 1 N–H and O–H groups in total. The van der Waals surface area contributed by atoms with E-state index in [4.69, 9.17) is 5.11 Å². The largest absolute Gasteiger partial charge is 0.464 e. The molecule has 2 aromatic rings. The summed E-state index contributed by atoms with van der Waals surface area (Å²) < 4.78 is 1.00. The van der Waals surface area contributed by atoms with E-state index in [-0.39, 0.29) is 0 Å². The van der Waals surface area contributed by atoms with Crippen LogP contribution in [0.4, 0.5) is 4.79 Å². The lowest BCUT2D eigenvalue weighted by Gasteiger charge is -1.95. The Bertz CT molecular complexity index is 516. The number of hydrogen-bond donors (Lipinski definition) is 1. The van der Waals surface area contributed by atoms with Gasteiger partial charge in [0.15, 0.2) is 0 Å². The van der Waals surface area contributed by atoms with Gasteiger partial charge < -0.3 is 5.11 Å². The first-order valence-electron chi connectivity index (χ1n) is 3.88. The molecule has 0 saturated heterocycles. The molecule has 14 heavy (non-hydrogen) atoms. The van der Waals surface area contributed by atoms with E-state index in [1.165, 1.54) is 6.33 Å². The summed E-state index contributed by atoms with van der Waals surface area (Å²) in [7, 11) is 0. The summed E-state index contributed by atoms with van der Waals surface area (Å²) in [6.45, 7) is 0. The van der Waals surface area contributed by atoms with Gasteiger partial charge in [0.1, 0.15) is 12.6 Å². The van der Waals surface area contributed by atoms with E-state index in [1.807, 2.05) is 0 Å². The van der Waals surface area contributed by atoms with Crippen LogP contribution in [0.3, 0.4) is 0 Å². The summed E-state index contributed by atoms with van der Waals surface area (Å²) in [4.78, 5) is 25.0. The Labute approximate surface area is 78.6 Å². The van der Waals surface area contributed by atoms with Gasteiger partial charge in [-0.2, -0.15) is 0 Å². The van der Waals surface area contributed by atoms with Crippen LogP contribution >= 0.6 is 0 Å². The Morgan fingerprint density at radius 1 is 1.50 bits per heavy atom. The zero-order valence-corrected chi connectivity index (χ0v) is 7.04. The molecule has 0 atom stereocenters. The lowest BCUT2D eigenvalue weighted by atomic mass is 10.2. The summed E-state index contributed by atoms with van der Waals surface area (Å²) in [6.07, 6.45) is 0.812. The van der Waals surface area contributed by atoms with E-state index in [0.717, 1.165) is 4.57 Å². The summed E-state index contributed by atoms with van der Waals surface area (Å²) in [5.74, 6) is 0. The molecule has 0 aliphatic rings. The fraction of sp³-hybridized carbons (Fsp3) is 0. The van der Waals surface area contributed by atoms with Crippen LogP contribution in [0.25, 0.3) is 11.0 Å². The van der Waals surface area contributed by atoms with E-state index in [2.05, 4.69) is 4.98 Å². The van der Waals surface area contributed by atoms with Gasteiger partial charge in [0.25, 0.3) is 0 Å². The number of nitrogens with zero attached hydrogens (tertiary/aromatic N) is 2. The van der Waals surface area contributed by atoms with Crippen molar-refractivity contribution in [3.8, 4) is 0 Å². The number of rotatable bonds is 1. The number of hydrogen-bond acceptors (Lipinski definition) is 3. The standard InChI is InChI=1S/C9H6N2O3/c12-4-6-1-2-8-7(3-6)10-5-11(8)9(13)14/h1-5H,(H,13,14). The predicted molar refractivity (Wildman–Crippen MR) is 48.5 cm³/mol. The fourth-order valence-electron chi connectivity index (χ4n) is 1.26. The summed E-state index contributed by atoms with van der Waals surface area (Å²) >= 11 is 0. The van der Waals surface area contributed by atoms with Gasteiger partial charge in [-0.1, -0.05) is 0 Å². The maximum atomic E-state index is 10.7. The zero-order chi connectivity index (χ0) is 10.1. The molecule has 1 aromatic carbocycles. The first kappa shape index (κ1) is 8.43. The molecule has 1 aromatic heterocycles. The molecule has 5 heteroatoms. The van der Waals surface area contributed by atoms with Gasteiger partial charge in [0, 0.05) is 5.56 Å². The quantitative estimate of drug-likeness (QED) is 0.689. The number of aromatic nitrogens is 2. The van der Waals surface area contributed by atoms with Gasteiger partial charge in [-0.15, -0.1) is 0 Å². The van der Waals surface area contributed by atoms with Crippen LogP contribution < -0.4 is 0 Å². The van der Waals surface area contributed by atoms with Crippen molar-refractivity contribution in [2.45, 2.75) is 0 Å². The number of imidazole rings is 1. The van der Waals surface area contributed by atoms with Crippen molar-refractivity contribution in [2.75, 3.05) is 0 Å². The van der Waals surface area contributed by atoms with Crippen LogP contribution in [-0.4, -0.2) is 27.0 Å². The van der Waals surface area contributed by atoms with E-state index in [1.54, 1.807) is 18.2 Å². The molecule has 0 aliphatic heterocycles. The minimum Gasteiger partial charge on any atom is -0.464 e. The van der Waals surface area contributed by atoms with Crippen molar-refractivity contribution < 1.29 is 14.7 Å². The lowest BCUT2D eigenvalue weighted by molar-refractivity contribution is 0.112. The van der Waals surface area contributed by atoms with Crippen molar-refractivity contribution in [2.24, 2.45) is 0 Å². The topological polar surface area (TPSA) is 72.2 Å². The molecule has 5 nitrogen and oxygen atoms in total. The van der Waals surface area contributed by atoms with Crippen LogP contribution in [0.1, 0.15) is 10.4 Å². The summed E-state index contributed by atoms with van der Waals surface area (Å²) in [6, 6.07) is 4.65. The second-order valence-electron chi connectivity index (χ2n) is 2.76. The average Bonchev–Trinajstić information content (AvgIpc) is 2.59. The van der Waals surface area contributed by atoms with Gasteiger partial charge in [0.2, 0.25) is 0 Å². The highest BCUT2D eigenvalue weighted by atomic mass is 16.4. The molecule has 0 unspecified atom stereocenters. The molecule has 0 fully saturated rings. The average molecular weight is 190 g/mol. The van der Waals surface area contributed by atoms with Crippen LogP contribution in [0.5, 0.6) is 0 Å². The van der Waals surface area contributed by atoms with Crippen LogP contribution in [0.15, 0.2) is 24.5 Å². The Morgan fingerprint density at radius 2 is 2.29 bits per heavy atom. The van der Waals surface area contributed by atoms with E-state index in [0.29, 0.717) is 22.9 Å². The van der Waals surface area contributed by atoms with Crippen molar-refractivity contribution >= 4 is 23.4 Å². The number of aldehydes is 1. The number of carboxylic acid groups (broad SMARTS) is 1. The third-order valence-electron chi connectivity index (χ3n) is 1.91. The predicted octanol–water partition coefficient (Wildman–Crippen LogP) is 1.37. The van der Waals surface area contributed by atoms with Crippen molar-refractivity contribution in [3.05, 3.63) is 30.1 Å². The van der Waals surface area contributed by atoms with Gasteiger partial charge in [-0.05, 0) is 18.2 Å². The Hall–Kier alpha value is -2.17. The maximum absolute atomic E-state index is 10.7. The van der Waals surface area contributed by atoms with Gasteiger partial charge in [0.05, 0.1) is 11.0 Å². The molecule has 0 amide bonds. The minimum absolute atomic E-state index is 0.475. The van der Waals surface area contributed by atoms with Gasteiger partial charge in [-0.25, -0.2) is 14.3 Å². The van der Waals surface area contributed by atoms with E-state index in [9.17, 15) is 9.59 Å². The van der Waals surface area contributed by atoms with Crippen LogP contribution in [0.2, 0.25) is 0 Å². The first-order valence-corrected chi connectivity index (χ1v) is 3.88. The molecule has 70 valence electrons. The molecular formula is C9H6N2O3. The number of fused-ring (bicyclic) bond motifs is 1. The SMILES string of the molecule is O=Cc1ccc2c(c1)ncn2C(=O)O. The minimum atomic E-state index is -1.09. The van der Waals surface area contributed by atoms with Crippen molar-refractivity contribution in [3.63, 3.8) is 0 Å². The summed E-state index contributed by atoms with van der Waals surface area (Å²) in [5.41, 5.74) is 1.45. The summed E-state index contributed by atoms with van der Waals surface area (Å²) in [5, 5.41) is 8.75. The normalized spacial score (nSPS) is 10.3. The van der Waals surface area contributed by atoms with E-state index < -0.39 is 6.09 Å². The zero-order valence-electron chi connectivity index (χ0n) is 7.04. The van der Waals surface area contributed by atoms with Gasteiger partial charge in [-0.3, -0.25) is 4.79 Å². The molecule has 0 aliphatic carbocycles. The highest BCUT2D eigenvalue weighted by Gasteiger charge is 2.07. The highest BCUT2D eigenvalue weighted by Crippen LogP contribution is 2.13. The fourth-order valence-corrected chi connectivity index (χ4v) is 1.26. The van der Waals surface area contributed by atoms with E-state index >= 15 is 0 Å². The number of carbonyl (C=O) groups excluding carboxylic acids is 1. The Kier molecular flexibility index (Phi) is 1.78. The number of benzene rings is 1. The highest BCUT2D eigenvalue weighted by molar-refractivity contribution is 5.89. The first-order chi connectivity index (χ1) is 6.72. The second kappa shape index (κ2) is 2.95. The van der Waals surface area contributed by atoms with Crippen molar-refractivity contribution in [1.29, 1.82) is 0 Å². The third kappa shape index (κ3) is 1.15. The third-order valence-corrected chi connectivity index (χ3v) is 1.91. The molecule has 0 saturated carbocycles. The maximum Gasteiger partial charge on any atom is 0.417 e. The molecule has 0 spiro atoms. The smallest absolute Gasteiger partial charge is 0.417 e. The number of carbonyl (C=O) groups is 2. The monoisotopic (exact) mass is 190 g/mol. The second-order valence-corrected chi connectivity index (χ2v) is 2.76. The molecular weight excluding hydrogens is 184 g/mol. The molecule has 1 heterocycles. The van der Waals surface area contributed by atoms with Crippen LogP contribution in [-0.2, 0) is 0 Å². The Balaban J connectivity index is 2.71. The van der Waals surface area contributed by atoms with Crippen LogP contribution in [0, 0.1) is 0 Å². The lowest BCUT2D eigenvalue weighted by Crippen LogP contribution is -2.05.